The third kappa shape index (κ3) is 3.75. The summed E-state index contributed by atoms with van der Waals surface area (Å²) in [6.07, 6.45) is 1.70. The Kier molecular flexibility index (Phi) is 5.61. The molecule has 0 bridgehead atoms. The highest BCUT2D eigenvalue weighted by Gasteiger charge is 2.40. The SMILES string of the molecule is [C-]#[N+]/C(C#N)=C\c1cc2sc3c(c2s1)C(C)(C)c1cc(N(c2ccccc2)c2ccc4ccccc4c2)ccc1-3. The minimum atomic E-state index is -0.186. The van der Waals surface area contributed by atoms with Gasteiger partial charge in [-0.15, -0.1) is 22.7 Å². The maximum absolute atomic E-state index is 9.23. The fourth-order valence-corrected chi connectivity index (χ4v) is 8.76. The highest BCUT2D eigenvalue weighted by Crippen LogP contribution is 2.58. The average molecular weight is 550 g/mol. The molecule has 3 nitrogen and oxygen atoms in total. The number of fused-ring (bicyclic) bond motifs is 6. The second-order valence-electron chi connectivity index (χ2n) is 10.5. The van der Waals surface area contributed by atoms with E-state index in [0.29, 0.717) is 0 Å². The number of hydrogen-bond donors (Lipinski definition) is 0. The smallest absolute Gasteiger partial charge is 0.263 e. The maximum atomic E-state index is 9.23. The van der Waals surface area contributed by atoms with E-state index < -0.39 is 0 Å². The number of nitrogens with zero attached hydrogens (tertiary/aromatic N) is 3. The lowest BCUT2D eigenvalue weighted by atomic mass is 9.82. The van der Waals surface area contributed by atoms with Gasteiger partial charge in [0.1, 0.15) is 0 Å². The summed E-state index contributed by atoms with van der Waals surface area (Å²) in [6.45, 7) is 11.9. The Balaban J connectivity index is 1.37. The molecule has 0 fully saturated rings. The molecule has 40 heavy (non-hydrogen) atoms. The fourth-order valence-electron chi connectivity index (χ4n) is 5.82. The lowest BCUT2D eigenvalue weighted by Crippen LogP contribution is -2.16. The van der Waals surface area contributed by atoms with Crippen LogP contribution in [0.3, 0.4) is 0 Å². The van der Waals surface area contributed by atoms with Gasteiger partial charge >= 0.3 is 0 Å². The van der Waals surface area contributed by atoms with Crippen LogP contribution in [-0.4, -0.2) is 0 Å². The number of benzene rings is 4. The standard InChI is InChI=1S/C35H23N3S2/c1-35(2)30-19-27(38(25-11-5-4-6-12-25)26-14-13-22-9-7-8-10-23(22)17-26)15-16-29(30)33-32(35)34-31(40-33)20-28(39-34)18-24(21-36)37-3/h4-20H,1-2H3/b24-18-. The quantitative estimate of drug-likeness (QED) is 0.162. The zero-order valence-corrected chi connectivity index (χ0v) is 23.6. The van der Waals surface area contributed by atoms with Crippen LogP contribution in [0.25, 0.3) is 41.5 Å². The first kappa shape index (κ1) is 24.4. The van der Waals surface area contributed by atoms with Crippen LogP contribution in [0.5, 0.6) is 0 Å². The molecule has 0 N–H and O–H groups in total. The summed E-state index contributed by atoms with van der Waals surface area (Å²) in [4.78, 5) is 7.96. The Hall–Kier alpha value is -4.68. The van der Waals surface area contributed by atoms with Gasteiger partial charge in [0.05, 0.1) is 17.3 Å². The van der Waals surface area contributed by atoms with Gasteiger partial charge in [-0.1, -0.05) is 68.4 Å². The molecule has 0 saturated heterocycles. The summed E-state index contributed by atoms with van der Waals surface area (Å²) in [7, 11) is 0. The lowest BCUT2D eigenvalue weighted by Gasteiger charge is -2.28. The summed E-state index contributed by atoms with van der Waals surface area (Å²) in [6, 6.07) is 36.7. The zero-order valence-electron chi connectivity index (χ0n) is 22.0. The highest BCUT2D eigenvalue weighted by atomic mass is 32.1. The van der Waals surface area contributed by atoms with Crippen molar-refractivity contribution < 1.29 is 0 Å². The van der Waals surface area contributed by atoms with E-state index in [1.165, 1.54) is 41.7 Å². The molecule has 2 heterocycles. The van der Waals surface area contributed by atoms with Gasteiger partial charge in [0, 0.05) is 36.9 Å². The Morgan fingerprint density at radius 3 is 2.35 bits per heavy atom. The van der Waals surface area contributed by atoms with Gasteiger partial charge in [-0.2, -0.15) is 0 Å². The summed E-state index contributed by atoms with van der Waals surface area (Å²) >= 11 is 3.49. The van der Waals surface area contributed by atoms with Crippen molar-refractivity contribution in [3.05, 3.63) is 130 Å². The molecule has 1 aliphatic rings. The molecule has 0 spiro atoms. The Morgan fingerprint density at radius 2 is 1.57 bits per heavy atom. The molecular formula is C35H23N3S2. The first-order valence-electron chi connectivity index (χ1n) is 13.0. The molecule has 2 aromatic heterocycles. The van der Waals surface area contributed by atoms with Crippen molar-refractivity contribution in [1.29, 1.82) is 5.26 Å². The number of thiophene rings is 2. The van der Waals surface area contributed by atoms with Crippen molar-refractivity contribution in [1.82, 2.24) is 0 Å². The number of rotatable bonds is 4. The normalized spacial score (nSPS) is 13.6. The van der Waals surface area contributed by atoms with Crippen molar-refractivity contribution >= 4 is 66.0 Å². The average Bonchev–Trinajstić information content (AvgIpc) is 3.60. The minimum absolute atomic E-state index is 0.118. The van der Waals surface area contributed by atoms with Crippen molar-refractivity contribution in [3.8, 4) is 16.5 Å². The van der Waals surface area contributed by atoms with Crippen LogP contribution in [-0.2, 0) is 5.41 Å². The summed E-state index contributed by atoms with van der Waals surface area (Å²) in [5.74, 6) is 0. The largest absolute Gasteiger partial charge is 0.310 e. The second-order valence-corrected chi connectivity index (χ2v) is 12.6. The van der Waals surface area contributed by atoms with E-state index in [-0.39, 0.29) is 11.1 Å². The molecular weight excluding hydrogens is 527 g/mol. The first-order chi connectivity index (χ1) is 19.5. The summed E-state index contributed by atoms with van der Waals surface area (Å²) < 4.78 is 2.47. The van der Waals surface area contributed by atoms with Crippen molar-refractivity contribution in [2.75, 3.05) is 4.90 Å². The molecule has 7 rings (SSSR count). The monoisotopic (exact) mass is 549 g/mol. The van der Waals surface area contributed by atoms with Crippen molar-refractivity contribution in [2.24, 2.45) is 0 Å². The molecule has 4 aromatic carbocycles. The van der Waals surface area contributed by atoms with E-state index in [4.69, 9.17) is 6.57 Å². The van der Waals surface area contributed by atoms with E-state index in [1.54, 1.807) is 17.4 Å². The van der Waals surface area contributed by atoms with Crippen LogP contribution >= 0.6 is 22.7 Å². The summed E-state index contributed by atoms with van der Waals surface area (Å²) in [5, 5.41) is 11.7. The molecule has 0 radical (unpaired) electrons. The molecule has 5 heteroatoms. The number of allylic oxidation sites excluding steroid dienone is 1. The van der Waals surface area contributed by atoms with E-state index in [9.17, 15) is 5.26 Å². The second kappa shape index (κ2) is 9.21. The van der Waals surface area contributed by atoms with Crippen LogP contribution in [0.1, 0.15) is 29.9 Å². The van der Waals surface area contributed by atoms with Gasteiger partial charge in [0.25, 0.3) is 5.70 Å². The Bertz CT molecular complexity index is 2050. The van der Waals surface area contributed by atoms with Crippen LogP contribution in [0, 0.1) is 17.9 Å². The molecule has 0 saturated carbocycles. The fraction of sp³-hybridized carbons (Fsp3) is 0.0857. The molecule has 6 aromatic rings. The molecule has 0 aliphatic heterocycles. The number of nitriles is 1. The third-order valence-electron chi connectivity index (χ3n) is 7.71. The predicted molar refractivity (Wildman–Crippen MR) is 170 cm³/mol. The van der Waals surface area contributed by atoms with Crippen LogP contribution in [0.4, 0.5) is 17.1 Å². The number of anilines is 3. The van der Waals surface area contributed by atoms with Gasteiger partial charge < -0.3 is 4.90 Å². The highest BCUT2D eigenvalue weighted by molar-refractivity contribution is 7.30. The topological polar surface area (TPSA) is 31.4 Å². The number of para-hydroxylation sites is 1. The van der Waals surface area contributed by atoms with Gasteiger partial charge in [-0.3, -0.25) is 0 Å². The van der Waals surface area contributed by atoms with Gasteiger partial charge in [0.2, 0.25) is 0 Å². The van der Waals surface area contributed by atoms with Crippen LogP contribution < -0.4 is 4.90 Å². The Labute approximate surface area is 241 Å². The molecule has 0 unspecified atom stereocenters. The molecule has 1 aliphatic carbocycles. The van der Waals surface area contributed by atoms with E-state index in [2.05, 4.69) is 121 Å². The van der Waals surface area contributed by atoms with Gasteiger partial charge in [0.15, 0.2) is 0 Å². The molecule has 0 atom stereocenters. The predicted octanol–water partition coefficient (Wildman–Crippen LogP) is 10.7. The van der Waals surface area contributed by atoms with Crippen molar-refractivity contribution in [3.63, 3.8) is 0 Å². The third-order valence-corrected chi connectivity index (χ3v) is 10.1. The van der Waals surface area contributed by atoms with E-state index in [0.717, 1.165) is 21.9 Å². The van der Waals surface area contributed by atoms with Gasteiger partial charge in [-0.05, 0) is 76.0 Å². The van der Waals surface area contributed by atoms with Crippen molar-refractivity contribution in [2.45, 2.75) is 19.3 Å². The van der Waals surface area contributed by atoms with Gasteiger partial charge in [-0.25, -0.2) is 10.1 Å². The lowest BCUT2D eigenvalue weighted by molar-refractivity contribution is 0.668. The summed E-state index contributed by atoms with van der Waals surface area (Å²) in [5.41, 5.74) is 7.27. The molecule has 190 valence electrons. The number of hydrogen-bond acceptors (Lipinski definition) is 4. The Morgan fingerprint density at radius 1 is 0.850 bits per heavy atom. The minimum Gasteiger partial charge on any atom is -0.310 e. The first-order valence-corrected chi connectivity index (χ1v) is 14.7. The molecule has 0 amide bonds. The van der Waals surface area contributed by atoms with E-state index in [1.807, 2.05) is 17.4 Å². The van der Waals surface area contributed by atoms with E-state index >= 15 is 0 Å². The van der Waals surface area contributed by atoms with Crippen LogP contribution in [0.15, 0.2) is 103 Å². The maximum Gasteiger partial charge on any atom is 0.263 e. The van der Waals surface area contributed by atoms with Crippen LogP contribution in [0.2, 0.25) is 0 Å². The zero-order chi connectivity index (χ0) is 27.4.